The molecule has 4 atom stereocenters. The lowest BCUT2D eigenvalue weighted by atomic mass is 9.65. The van der Waals surface area contributed by atoms with Crippen LogP contribution in [0.1, 0.15) is 60.4 Å². The number of rotatable bonds is 7. The summed E-state index contributed by atoms with van der Waals surface area (Å²) in [6, 6.07) is 14.4. The molecule has 172 valence electrons. The summed E-state index contributed by atoms with van der Waals surface area (Å²) >= 11 is 6.03. The maximum atomic E-state index is 13.7. The quantitative estimate of drug-likeness (QED) is 0.590. The molecule has 2 aliphatic carbocycles. The van der Waals surface area contributed by atoms with Crippen LogP contribution in [0, 0.1) is 5.92 Å². The summed E-state index contributed by atoms with van der Waals surface area (Å²) in [6.45, 7) is 0. The second kappa shape index (κ2) is 8.58. The third-order valence-corrected chi connectivity index (χ3v) is 7.74. The van der Waals surface area contributed by atoms with Crippen molar-refractivity contribution in [1.29, 1.82) is 0 Å². The number of hydrogen-bond acceptors (Lipinski definition) is 4. The first-order valence-corrected chi connectivity index (χ1v) is 12.0. The normalized spacial score (nSPS) is 25.6. The zero-order chi connectivity index (χ0) is 23.2. The minimum Gasteiger partial charge on any atom is -0.480 e. The number of carbonyl (C=O) groups is 3. The molecule has 6 nitrogen and oxygen atoms in total. The third kappa shape index (κ3) is 3.75. The lowest BCUT2D eigenvalue weighted by molar-refractivity contribution is -0.148. The molecule has 1 aliphatic heterocycles. The molecule has 2 fully saturated rings. The first-order chi connectivity index (χ1) is 16.0. The summed E-state index contributed by atoms with van der Waals surface area (Å²) in [6.07, 6.45) is 4.97. The van der Waals surface area contributed by atoms with E-state index in [0.717, 1.165) is 49.6 Å². The van der Waals surface area contributed by atoms with Gasteiger partial charge in [-0.15, -0.1) is 0 Å². The number of carboxylic acid groups (broad SMARTS) is 1. The number of benzene rings is 2. The molecule has 0 bridgehead atoms. The van der Waals surface area contributed by atoms with E-state index in [2.05, 4.69) is 5.32 Å². The Morgan fingerprint density at radius 3 is 2.48 bits per heavy atom. The van der Waals surface area contributed by atoms with E-state index in [1.165, 1.54) is 0 Å². The van der Waals surface area contributed by atoms with Crippen molar-refractivity contribution in [1.82, 2.24) is 5.32 Å². The molecule has 0 spiro atoms. The highest BCUT2D eigenvalue weighted by Crippen LogP contribution is 2.54. The van der Waals surface area contributed by atoms with Crippen LogP contribution in [0.3, 0.4) is 0 Å². The van der Waals surface area contributed by atoms with Gasteiger partial charge in [-0.1, -0.05) is 36.2 Å². The van der Waals surface area contributed by atoms with Gasteiger partial charge in [0.05, 0.1) is 0 Å². The van der Waals surface area contributed by atoms with E-state index in [9.17, 15) is 19.5 Å². The molecule has 0 aromatic heterocycles. The van der Waals surface area contributed by atoms with Gasteiger partial charge in [0.2, 0.25) is 0 Å². The number of anilines is 1. The number of halogens is 1. The first kappa shape index (κ1) is 22.1. The molecule has 2 saturated carbocycles. The van der Waals surface area contributed by atoms with Gasteiger partial charge in [-0.25, -0.2) is 0 Å². The average molecular weight is 467 g/mol. The number of nitrogens with one attached hydrogen (secondary N) is 1. The Balaban J connectivity index is 1.65. The van der Waals surface area contributed by atoms with Crippen LogP contribution in [-0.2, 0) is 9.59 Å². The van der Waals surface area contributed by atoms with Crippen LogP contribution in [0.2, 0.25) is 5.02 Å². The Morgan fingerprint density at radius 2 is 1.82 bits per heavy atom. The van der Waals surface area contributed by atoms with Crippen molar-refractivity contribution in [3.63, 3.8) is 0 Å². The highest BCUT2D eigenvalue weighted by molar-refractivity contribution is 6.30. The standard InChI is InChI=1S/C26H27ClN2O4/c27-17-10-8-16(9-11-17)24(31)29-21-6-2-1-4-19(21)23(20-5-3-7-22(20)29)26(14-15-30,25(32)33)28-18-12-13-18/h1-2,4,6,8-11,15,18,20,22-23,28H,3,5,7,12-14H2,(H,32,33). The van der Waals surface area contributed by atoms with Gasteiger partial charge in [0.25, 0.3) is 5.91 Å². The molecule has 5 rings (SSSR count). The molecule has 0 radical (unpaired) electrons. The van der Waals surface area contributed by atoms with Crippen molar-refractivity contribution in [3.05, 3.63) is 64.7 Å². The largest absolute Gasteiger partial charge is 0.480 e. The van der Waals surface area contributed by atoms with Gasteiger partial charge in [0.15, 0.2) is 0 Å². The van der Waals surface area contributed by atoms with Crippen molar-refractivity contribution >= 4 is 35.5 Å². The Hall–Kier alpha value is -2.70. The van der Waals surface area contributed by atoms with Gasteiger partial charge in [0.1, 0.15) is 11.8 Å². The highest BCUT2D eigenvalue weighted by atomic mass is 35.5. The van der Waals surface area contributed by atoms with E-state index in [0.29, 0.717) is 10.6 Å². The predicted molar refractivity (Wildman–Crippen MR) is 126 cm³/mol. The molecule has 3 aliphatic rings. The van der Waals surface area contributed by atoms with Crippen LogP contribution in [0.4, 0.5) is 5.69 Å². The fourth-order valence-electron chi connectivity index (χ4n) is 5.96. The number of nitrogens with zero attached hydrogens (tertiary/aromatic N) is 1. The minimum atomic E-state index is -1.39. The number of carboxylic acids is 1. The Kier molecular flexibility index (Phi) is 5.75. The van der Waals surface area contributed by atoms with Gasteiger partial charge in [-0.3, -0.25) is 14.9 Å². The second-order valence-electron chi connectivity index (χ2n) is 9.45. The molecule has 4 unspecified atom stereocenters. The van der Waals surface area contributed by atoms with Gasteiger partial charge in [-0.05, 0) is 67.5 Å². The number of hydrogen-bond donors (Lipinski definition) is 2. The third-order valence-electron chi connectivity index (χ3n) is 7.49. The van der Waals surface area contributed by atoms with E-state index >= 15 is 0 Å². The molecular weight excluding hydrogens is 440 g/mol. The highest BCUT2D eigenvalue weighted by Gasteiger charge is 2.58. The smallest absolute Gasteiger partial charge is 0.325 e. The average Bonchev–Trinajstić information content (AvgIpc) is 3.50. The summed E-state index contributed by atoms with van der Waals surface area (Å²) < 4.78 is 0. The molecule has 0 saturated heterocycles. The molecule has 1 amide bonds. The van der Waals surface area contributed by atoms with E-state index in [4.69, 9.17) is 11.6 Å². The van der Waals surface area contributed by atoms with Crippen LogP contribution >= 0.6 is 11.6 Å². The van der Waals surface area contributed by atoms with Crippen molar-refractivity contribution < 1.29 is 19.5 Å². The molecule has 2 aromatic rings. The van der Waals surface area contributed by atoms with Gasteiger partial charge in [0, 0.05) is 40.7 Å². The van der Waals surface area contributed by atoms with Crippen LogP contribution in [0.15, 0.2) is 48.5 Å². The Labute approximate surface area is 197 Å². The van der Waals surface area contributed by atoms with E-state index in [-0.39, 0.29) is 30.3 Å². The maximum Gasteiger partial charge on any atom is 0.325 e. The van der Waals surface area contributed by atoms with E-state index < -0.39 is 17.4 Å². The SMILES string of the molecule is O=CCC(NC1CC1)(C(=O)O)C1c2ccccc2N(C(=O)c2ccc(Cl)cc2)C2CCCC21. The summed E-state index contributed by atoms with van der Waals surface area (Å²) in [7, 11) is 0. The number of carbonyl (C=O) groups excluding carboxylic acids is 2. The van der Waals surface area contributed by atoms with Crippen LogP contribution in [0.25, 0.3) is 0 Å². The van der Waals surface area contributed by atoms with Crippen molar-refractivity contribution in [2.45, 2.75) is 62.1 Å². The lowest BCUT2D eigenvalue weighted by Gasteiger charge is -2.49. The fraction of sp³-hybridized carbons (Fsp3) is 0.423. The predicted octanol–water partition coefficient (Wildman–Crippen LogP) is 4.42. The van der Waals surface area contributed by atoms with Gasteiger partial charge >= 0.3 is 5.97 Å². The summed E-state index contributed by atoms with van der Waals surface area (Å²) in [5, 5.41) is 14.4. The molecule has 2 aromatic carbocycles. The second-order valence-corrected chi connectivity index (χ2v) is 9.88. The molecule has 33 heavy (non-hydrogen) atoms. The van der Waals surface area contributed by atoms with Crippen molar-refractivity contribution in [2.24, 2.45) is 5.92 Å². The lowest BCUT2D eigenvalue weighted by Crippen LogP contribution is -2.62. The zero-order valence-corrected chi connectivity index (χ0v) is 19.0. The number of fused-ring (bicyclic) bond motifs is 2. The summed E-state index contributed by atoms with van der Waals surface area (Å²) in [5.41, 5.74) is 0.716. The van der Waals surface area contributed by atoms with Crippen LogP contribution in [0.5, 0.6) is 0 Å². The topological polar surface area (TPSA) is 86.7 Å². The zero-order valence-electron chi connectivity index (χ0n) is 18.2. The monoisotopic (exact) mass is 466 g/mol. The van der Waals surface area contributed by atoms with Crippen molar-refractivity contribution in [2.75, 3.05) is 4.90 Å². The fourth-order valence-corrected chi connectivity index (χ4v) is 6.09. The molecular formula is C26H27ClN2O4. The summed E-state index contributed by atoms with van der Waals surface area (Å²) in [4.78, 5) is 40.2. The molecule has 2 N–H and O–H groups in total. The Bertz CT molecular complexity index is 1080. The number of amides is 1. The molecule has 1 heterocycles. The number of para-hydroxylation sites is 1. The van der Waals surface area contributed by atoms with E-state index in [1.54, 1.807) is 24.3 Å². The van der Waals surface area contributed by atoms with Gasteiger partial charge < -0.3 is 14.8 Å². The number of aldehydes is 1. The van der Waals surface area contributed by atoms with Crippen LogP contribution < -0.4 is 10.2 Å². The van der Waals surface area contributed by atoms with Crippen molar-refractivity contribution in [3.8, 4) is 0 Å². The van der Waals surface area contributed by atoms with Gasteiger partial charge in [-0.2, -0.15) is 0 Å². The minimum absolute atomic E-state index is 0.0570. The summed E-state index contributed by atoms with van der Waals surface area (Å²) in [5.74, 6) is -1.57. The van der Waals surface area contributed by atoms with Crippen LogP contribution in [-0.4, -0.2) is 40.9 Å². The molecule has 7 heteroatoms. The first-order valence-electron chi connectivity index (χ1n) is 11.6. The van der Waals surface area contributed by atoms with E-state index in [1.807, 2.05) is 29.2 Å². The Morgan fingerprint density at radius 1 is 1.09 bits per heavy atom. The number of aliphatic carboxylic acids is 1. The maximum absolute atomic E-state index is 13.7.